The molecule has 132 valence electrons. The Hall–Kier alpha value is -2.66. The van der Waals surface area contributed by atoms with E-state index in [0.717, 1.165) is 16.7 Å². The zero-order valence-electron chi connectivity index (χ0n) is 14.6. The molecule has 0 aliphatic rings. The normalized spacial score (nSPS) is 11.6. The van der Waals surface area contributed by atoms with Gasteiger partial charge in [-0.25, -0.2) is 0 Å². The number of carbonyl (C=O) groups is 2. The monoisotopic (exact) mass is 340 g/mol. The van der Waals surface area contributed by atoms with Crippen molar-refractivity contribution in [3.63, 3.8) is 0 Å². The molecule has 25 heavy (non-hydrogen) atoms. The van der Waals surface area contributed by atoms with E-state index >= 15 is 0 Å². The fourth-order valence-electron chi connectivity index (χ4n) is 2.76. The van der Waals surface area contributed by atoms with Crippen LogP contribution >= 0.6 is 0 Å². The van der Waals surface area contributed by atoms with Crippen molar-refractivity contribution in [2.75, 3.05) is 11.9 Å². The molecule has 0 radical (unpaired) electrons. The lowest BCUT2D eigenvalue weighted by Gasteiger charge is -2.18. The summed E-state index contributed by atoms with van der Waals surface area (Å²) >= 11 is 0. The average Bonchev–Trinajstić information content (AvgIpc) is 2.58. The maximum absolute atomic E-state index is 12.3. The molecule has 2 amide bonds. The Kier molecular flexibility index (Phi) is 6.71. The number of benzene rings is 2. The second-order valence-corrected chi connectivity index (χ2v) is 6.13. The van der Waals surface area contributed by atoms with Crippen LogP contribution in [0.25, 0.3) is 0 Å². The zero-order valence-corrected chi connectivity index (χ0v) is 14.6. The Bertz CT molecular complexity index is 709. The summed E-state index contributed by atoms with van der Waals surface area (Å²) in [6, 6.07) is 14.8. The predicted molar refractivity (Wildman–Crippen MR) is 98.2 cm³/mol. The molecule has 2 aromatic rings. The number of carbonyl (C=O) groups excluding carboxylic acids is 2. The Balaban J connectivity index is 2.05. The van der Waals surface area contributed by atoms with E-state index in [0.29, 0.717) is 18.5 Å². The van der Waals surface area contributed by atoms with E-state index in [9.17, 15) is 9.59 Å². The van der Waals surface area contributed by atoms with Gasteiger partial charge in [-0.2, -0.15) is 0 Å². The van der Waals surface area contributed by atoms with Crippen LogP contribution < -0.4 is 10.6 Å². The van der Waals surface area contributed by atoms with Crippen molar-refractivity contribution >= 4 is 17.5 Å². The molecule has 5 heteroatoms. The van der Waals surface area contributed by atoms with Gasteiger partial charge in [-0.1, -0.05) is 36.4 Å². The van der Waals surface area contributed by atoms with Gasteiger partial charge in [0.05, 0.1) is 6.04 Å². The number of nitrogens with one attached hydrogen (secondary N) is 2. The second-order valence-electron chi connectivity index (χ2n) is 6.13. The molecule has 0 aliphatic heterocycles. The Morgan fingerprint density at radius 3 is 2.24 bits per heavy atom. The largest absolute Gasteiger partial charge is 0.396 e. The summed E-state index contributed by atoms with van der Waals surface area (Å²) in [5.41, 5.74) is 3.54. The first-order valence-corrected chi connectivity index (χ1v) is 8.35. The lowest BCUT2D eigenvalue weighted by Crippen LogP contribution is -2.38. The molecule has 1 atom stereocenters. The van der Waals surface area contributed by atoms with Crippen LogP contribution in [0.3, 0.4) is 0 Å². The molecule has 0 saturated carbocycles. The summed E-state index contributed by atoms with van der Waals surface area (Å²) in [5, 5.41) is 14.5. The maximum Gasteiger partial charge on any atom is 0.313 e. The van der Waals surface area contributed by atoms with Crippen LogP contribution in [0.5, 0.6) is 0 Å². The first kappa shape index (κ1) is 18.7. The fourth-order valence-corrected chi connectivity index (χ4v) is 2.76. The van der Waals surface area contributed by atoms with Gasteiger partial charge < -0.3 is 15.7 Å². The molecule has 1 unspecified atom stereocenters. The number of aryl methyl sites for hydroxylation is 2. The molecule has 0 aromatic heterocycles. The summed E-state index contributed by atoms with van der Waals surface area (Å²) in [5.74, 6) is -1.39. The van der Waals surface area contributed by atoms with Gasteiger partial charge in [0.2, 0.25) is 0 Å². The second kappa shape index (κ2) is 8.99. The topological polar surface area (TPSA) is 78.4 Å². The molecular weight excluding hydrogens is 316 g/mol. The van der Waals surface area contributed by atoms with E-state index in [2.05, 4.69) is 10.6 Å². The van der Waals surface area contributed by atoms with Crippen LogP contribution in [0.4, 0.5) is 5.69 Å². The summed E-state index contributed by atoms with van der Waals surface area (Å²) < 4.78 is 0. The first-order chi connectivity index (χ1) is 12.0. The van der Waals surface area contributed by atoms with E-state index in [4.69, 9.17) is 5.11 Å². The SMILES string of the molecule is Cc1cc(C)cc(NC(=O)C(=O)NC(CCCO)c2ccccc2)c1. The summed E-state index contributed by atoms with van der Waals surface area (Å²) in [6.45, 7) is 3.90. The van der Waals surface area contributed by atoms with E-state index in [1.807, 2.05) is 62.4 Å². The van der Waals surface area contributed by atoms with Crippen molar-refractivity contribution < 1.29 is 14.7 Å². The lowest BCUT2D eigenvalue weighted by molar-refractivity contribution is -0.136. The van der Waals surface area contributed by atoms with Crippen molar-refractivity contribution in [1.82, 2.24) is 5.32 Å². The third kappa shape index (κ3) is 5.72. The van der Waals surface area contributed by atoms with Crippen molar-refractivity contribution in [2.24, 2.45) is 0 Å². The molecule has 0 aliphatic carbocycles. The van der Waals surface area contributed by atoms with E-state index < -0.39 is 11.8 Å². The minimum atomic E-state index is -0.699. The van der Waals surface area contributed by atoms with Crippen LogP contribution in [0.15, 0.2) is 48.5 Å². The third-order valence-electron chi connectivity index (χ3n) is 3.84. The quantitative estimate of drug-likeness (QED) is 0.708. The van der Waals surface area contributed by atoms with Gasteiger partial charge in [0.25, 0.3) is 0 Å². The Morgan fingerprint density at radius 1 is 1.00 bits per heavy atom. The number of hydrogen-bond acceptors (Lipinski definition) is 3. The molecule has 0 saturated heterocycles. The Morgan fingerprint density at radius 2 is 1.64 bits per heavy atom. The Labute approximate surface area is 148 Å². The van der Waals surface area contributed by atoms with Crippen LogP contribution in [-0.4, -0.2) is 23.5 Å². The third-order valence-corrected chi connectivity index (χ3v) is 3.84. The average molecular weight is 340 g/mol. The number of hydrogen-bond donors (Lipinski definition) is 3. The number of anilines is 1. The van der Waals surface area contributed by atoms with Gasteiger partial charge in [0.15, 0.2) is 0 Å². The highest BCUT2D eigenvalue weighted by molar-refractivity contribution is 6.39. The fraction of sp³-hybridized carbons (Fsp3) is 0.300. The highest BCUT2D eigenvalue weighted by atomic mass is 16.3. The van der Waals surface area contributed by atoms with Crippen molar-refractivity contribution in [1.29, 1.82) is 0 Å². The molecule has 0 fully saturated rings. The molecule has 2 rings (SSSR count). The van der Waals surface area contributed by atoms with Gasteiger partial charge in [-0.3, -0.25) is 9.59 Å². The maximum atomic E-state index is 12.3. The number of aliphatic hydroxyl groups excluding tert-OH is 1. The standard InChI is InChI=1S/C20H24N2O3/c1-14-11-15(2)13-17(12-14)21-19(24)20(25)22-18(9-6-10-23)16-7-4-3-5-8-16/h3-5,7-8,11-13,18,23H,6,9-10H2,1-2H3,(H,21,24)(H,22,25). The molecular formula is C20H24N2O3. The molecule has 0 bridgehead atoms. The molecule has 5 nitrogen and oxygen atoms in total. The summed E-state index contributed by atoms with van der Waals surface area (Å²) in [6.07, 6.45) is 1.10. The summed E-state index contributed by atoms with van der Waals surface area (Å²) in [7, 11) is 0. The number of amides is 2. The highest BCUT2D eigenvalue weighted by Gasteiger charge is 2.20. The van der Waals surface area contributed by atoms with Crippen molar-refractivity contribution in [2.45, 2.75) is 32.7 Å². The van der Waals surface area contributed by atoms with Gasteiger partial charge in [-0.05, 0) is 55.5 Å². The van der Waals surface area contributed by atoms with Crippen LogP contribution in [0, 0.1) is 13.8 Å². The van der Waals surface area contributed by atoms with Crippen molar-refractivity contribution in [3.8, 4) is 0 Å². The van der Waals surface area contributed by atoms with Crippen molar-refractivity contribution in [3.05, 3.63) is 65.2 Å². The van der Waals surface area contributed by atoms with Gasteiger partial charge in [0.1, 0.15) is 0 Å². The summed E-state index contributed by atoms with van der Waals surface area (Å²) in [4.78, 5) is 24.5. The predicted octanol–water partition coefficient (Wildman–Crippen LogP) is 2.87. The number of rotatable bonds is 6. The minimum Gasteiger partial charge on any atom is -0.396 e. The zero-order chi connectivity index (χ0) is 18.2. The first-order valence-electron chi connectivity index (χ1n) is 8.35. The van der Waals surface area contributed by atoms with Crippen LogP contribution in [0.2, 0.25) is 0 Å². The van der Waals surface area contributed by atoms with E-state index in [1.54, 1.807) is 0 Å². The number of aliphatic hydroxyl groups is 1. The van der Waals surface area contributed by atoms with Crippen LogP contribution in [-0.2, 0) is 9.59 Å². The van der Waals surface area contributed by atoms with Gasteiger partial charge in [-0.15, -0.1) is 0 Å². The smallest absolute Gasteiger partial charge is 0.313 e. The van der Waals surface area contributed by atoms with E-state index in [-0.39, 0.29) is 12.6 Å². The minimum absolute atomic E-state index is 0.0357. The molecule has 0 heterocycles. The molecule has 2 aromatic carbocycles. The lowest BCUT2D eigenvalue weighted by atomic mass is 10.0. The van der Waals surface area contributed by atoms with Gasteiger partial charge in [0, 0.05) is 12.3 Å². The molecule has 3 N–H and O–H groups in total. The van der Waals surface area contributed by atoms with E-state index in [1.165, 1.54) is 0 Å². The van der Waals surface area contributed by atoms with Crippen LogP contribution in [0.1, 0.15) is 35.6 Å². The molecule has 0 spiro atoms. The highest BCUT2D eigenvalue weighted by Crippen LogP contribution is 2.18. The van der Waals surface area contributed by atoms with Gasteiger partial charge >= 0.3 is 11.8 Å².